The van der Waals surface area contributed by atoms with Gasteiger partial charge in [0.15, 0.2) is 5.96 Å². The van der Waals surface area contributed by atoms with Crippen molar-refractivity contribution in [1.29, 1.82) is 0 Å². The number of nitrogens with zero attached hydrogens (tertiary/aromatic N) is 1. The van der Waals surface area contributed by atoms with Crippen molar-refractivity contribution in [3.05, 3.63) is 29.8 Å². The van der Waals surface area contributed by atoms with Crippen LogP contribution in [0.15, 0.2) is 29.3 Å². The number of aliphatic hydroxyl groups excluding tert-OH is 1. The maximum atomic E-state index is 9.75. The van der Waals surface area contributed by atoms with Crippen molar-refractivity contribution in [3.63, 3.8) is 0 Å². The number of aliphatic hydroxyl groups is 1. The normalized spacial score (nSPS) is 24.3. The van der Waals surface area contributed by atoms with Gasteiger partial charge in [-0.1, -0.05) is 31.4 Å². The fraction of sp³-hybridized carbons (Fsp3) is 0.696. The lowest BCUT2D eigenvalue weighted by Crippen LogP contribution is -2.46. The number of hydrogen-bond donors (Lipinski definition) is 3. The van der Waals surface area contributed by atoms with Crippen LogP contribution in [0.4, 0.5) is 0 Å². The molecule has 0 amide bonds. The van der Waals surface area contributed by atoms with E-state index in [0.717, 1.165) is 50.5 Å². The minimum Gasteiger partial charge on any atom is -0.497 e. The zero-order chi connectivity index (χ0) is 19.8. The number of benzene rings is 1. The molecule has 0 aromatic heterocycles. The van der Waals surface area contributed by atoms with E-state index in [9.17, 15) is 5.11 Å². The molecule has 1 aromatic carbocycles. The molecule has 3 N–H and O–H groups in total. The van der Waals surface area contributed by atoms with Crippen LogP contribution in [0, 0.1) is 0 Å². The summed E-state index contributed by atoms with van der Waals surface area (Å²) in [4.78, 5) is 5.04. The molecule has 164 valence electrons. The van der Waals surface area contributed by atoms with Crippen LogP contribution in [0.3, 0.4) is 0 Å². The van der Waals surface area contributed by atoms with Crippen LogP contribution in [0.25, 0.3) is 0 Å². The molecular weight excluding hydrogens is 477 g/mol. The zero-order valence-electron chi connectivity index (χ0n) is 18.0. The number of methoxy groups -OCH3 is 1. The van der Waals surface area contributed by atoms with E-state index >= 15 is 0 Å². The van der Waals surface area contributed by atoms with E-state index < -0.39 is 0 Å². The summed E-state index contributed by atoms with van der Waals surface area (Å²) in [5, 5.41) is 16.8. The summed E-state index contributed by atoms with van der Waals surface area (Å²) in [6, 6.07) is 9.01. The fourth-order valence-electron chi connectivity index (χ4n) is 4.68. The lowest BCUT2D eigenvalue weighted by Gasteiger charge is -2.37. The molecule has 2 saturated carbocycles. The quantitative estimate of drug-likeness (QED) is 0.299. The minimum absolute atomic E-state index is 0. The summed E-state index contributed by atoms with van der Waals surface area (Å²) in [5.41, 5.74) is 1.50. The fourth-order valence-corrected chi connectivity index (χ4v) is 4.68. The van der Waals surface area contributed by atoms with Gasteiger partial charge in [-0.25, -0.2) is 0 Å². The Morgan fingerprint density at radius 2 is 1.76 bits per heavy atom. The van der Waals surface area contributed by atoms with E-state index in [4.69, 9.17) is 9.73 Å². The summed E-state index contributed by atoms with van der Waals surface area (Å²) >= 11 is 0. The van der Waals surface area contributed by atoms with Crippen molar-refractivity contribution in [1.82, 2.24) is 10.6 Å². The minimum atomic E-state index is -0.127. The molecule has 0 saturated heterocycles. The first kappa shape index (κ1) is 24.3. The van der Waals surface area contributed by atoms with Crippen molar-refractivity contribution >= 4 is 29.9 Å². The Hall–Kier alpha value is -1.02. The van der Waals surface area contributed by atoms with E-state index in [0.29, 0.717) is 6.04 Å². The third-order valence-electron chi connectivity index (χ3n) is 6.43. The van der Waals surface area contributed by atoms with E-state index in [-0.39, 0.29) is 35.5 Å². The highest BCUT2D eigenvalue weighted by atomic mass is 127. The number of rotatable bonds is 6. The summed E-state index contributed by atoms with van der Waals surface area (Å²) in [6.07, 6.45) is 9.90. The monoisotopic (exact) mass is 515 g/mol. The second kappa shape index (κ2) is 12.0. The predicted octanol–water partition coefficient (Wildman–Crippen LogP) is 4.37. The Bertz CT molecular complexity index is 622. The summed E-state index contributed by atoms with van der Waals surface area (Å²) in [7, 11) is 1.72. The Kier molecular flexibility index (Phi) is 10.0. The molecule has 2 aliphatic carbocycles. The van der Waals surface area contributed by atoms with Crippen LogP contribution in [-0.4, -0.2) is 43.4 Å². The standard InChI is InChI=1S/C23H37N3O2.HI/c1-3-24-22(26-19-9-11-20(27)12-10-19)25-17-23(15-5-4-6-16-23)18-7-13-21(28-2)14-8-18;/h7-8,13-14,19-20,27H,3-6,9-12,15-17H2,1-2H3,(H2,24,25,26);1H. The topological polar surface area (TPSA) is 65.9 Å². The largest absolute Gasteiger partial charge is 0.497 e. The Balaban J connectivity index is 0.00000300. The predicted molar refractivity (Wildman–Crippen MR) is 131 cm³/mol. The van der Waals surface area contributed by atoms with Gasteiger partial charge in [0.05, 0.1) is 19.8 Å². The first-order valence-electron chi connectivity index (χ1n) is 11.0. The molecule has 0 aliphatic heterocycles. The number of guanidine groups is 1. The molecule has 0 radical (unpaired) electrons. The number of aliphatic imine (C=N–C) groups is 1. The van der Waals surface area contributed by atoms with Gasteiger partial charge in [0.1, 0.15) is 5.75 Å². The van der Waals surface area contributed by atoms with Gasteiger partial charge in [-0.2, -0.15) is 0 Å². The Morgan fingerprint density at radius 3 is 2.34 bits per heavy atom. The summed E-state index contributed by atoms with van der Waals surface area (Å²) in [5.74, 6) is 1.83. The van der Waals surface area contributed by atoms with Crippen LogP contribution in [0.2, 0.25) is 0 Å². The molecule has 2 fully saturated rings. The van der Waals surface area contributed by atoms with Crippen molar-refractivity contribution in [2.24, 2.45) is 4.99 Å². The third kappa shape index (κ3) is 6.74. The highest BCUT2D eigenvalue weighted by Crippen LogP contribution is 2.40. The summed E-state index contributed by atoms with van der Waals surface area (Å²) < 4.78 is 5.35. The lowest BCUT2D eigenvalue weighted by atomic mass is 9.69. The van der Waals surface area contributed by atoms with Crippen LogP contribution in [-0.2, 0) is 5.41 Å². The van der Waals surface area contributed by atoms with E-state index in [1.807, 2.05) is 0 Å². The van der Waals surface area contributed by atoms with Gasteiger partial charge in [0.2, 0.25) is 0 Å². The Morgan fingerprint density at radius 1 is 1.10 bits per heavy atom. The van der Waals surface area contributed by atoms with Crippen LogP contribution in [0.5, 0.6) is 5.75 Å². The molecule has 0 heterocycles. The van der Waals surface area contributed by atoms with Crippen molar-refractivity contribution < 1.29 is 9.84 Å². The second-order valence-electron chi connectivity index (χ2n) is 8.41. The molecule has 1 aromatic rings. The smallest absolute Gasteiger partial charge is 0.191 e. The highest BCUT2D eigenvalue weighted by Gasteiger charge is 2.34. The van der Waals surface area contributed by atoms with Crippen molar-refractivity contribution in [3.8, 4) is 5.75 Å². The maximum absolute atomic E-state index is 9.75. The van der Waals surface area contributed by atoms with Gasteiger partial charge in [-0.3, -0.25) is 4.99 Å². The van der Waals surface area contributed by atoms with Gasteiger partial charge in [0, 0.05) is 18.0 Å². The molecule has 0 unspecified atom stereocenters. The molecule has 2 aliphatic rings. The maximum Gasteiger partial charge on any atom is 0.191 e. The van der Waals surface area contributed by atoms with Crippen LogP contribution < -0.4 is 15.4 Å². The van der Waals surface area contributed by atoms with E-state index in [1.54, 1.807) is 7.11 Å². The van der Waals surface area contributed by atoms with Crippen LogP contribution in [0.1, 0.15) is 70.3 Å². The molecule has 0 bridgehead atoms. The molecule has 0 atom stereocenters. The first-order valence-corrected chi connectivity index (χ1v) is 11.0. The molecule has 6 heteroatoms. The van der Waals surface area contributed by atoms with Crippen molar-refractivity contribution in [2.45, 2.75) is 82.3 Å². The van der Waals surface area contributed by atoms with Gasteiger partial charge in [-0.05, 0) is 63.1 Å². The van der Waals surface area contributed by atoms with Gasteiger partial charge in [0.25, 0.3) is 0 Å². The van der Waals surface area contributed by atoms with Crippen molar-refractivity contribution in [2.75, 3.05) is 20.2 Å². The number of nitrogens with one attached hydrogen (secondary N) is 2. The number of hydrogen-bond acceptors (Lipinski definition) is 3. The summed E-state index contributed by atoms with van der Waals surface area (Å²) in [6.45, 7) is 3.78. The third-order valence-corrected chi connectivity index (χ3v) is 6.43. The molecular formula is C23H38IN3O2. The average molecular weight is 515 g/mol. The molecule has 3 rings (SSSR count). The Labute approximate surface area is 193 Å². The van der Waals surface area contributed by atoms with Gasteiger partial charge < -0.3 is 20.5 Å². The highest BCUT2D eigenvalue weighted by molar-refractivity contribution is 14.0. The van der Waals surface area contributed by atoms with E-state index in [1.165, 1.54) is 37.7 Å². The number of ether oxygens (including phenoxy) is 1. The lowest BCUT2D eigenvalue weighted by molar-refractivity contribution is 0.120. The molecule has 29 heavy (non-hydrogen) atoms. The average Bonchev–Trinajstić information content (AvgIpc) is 2.74. The number of halogens is 1. The SMILES string of the molecule is CCNC(=NCC1(c2ccc(OC)cc2)CCCCC1)NC1CCC(O)CC1.I. The zero-order valence-corrected chi connectivity index (χ0v) is 20.3. The van der Waals surface area contributed by atoms with Gasteiger partial charge in [-0.15, -0.1) is 24.0 Å². The van der Waals surface area contributed by atoms with Crippen LogP contribution >= 0.6 is 24.0 Å². The first-order chi connectivity index (χ1) is 13.6. The molecule has 0 spiro atoms. The van der Waals surface area contributed by atoms with Gasteiger partial charge >= 0.3 is 0 Å². The second-order valence-corrected chi connectivity index (χ2v) is 8.41. The molecule has 5 nitrogen and oxygen atoms in total. The van der Waals surface area contributed by atoms with E-state index in [2.05, 4.69) is 41.8 Å².